The zero-order valence-corrected chi connectivity index (χ0v) is 11.3. The molecule has 0 radical (unpaired) electrons. The van der Waals surface area contributed by atoms with Crippen LogP contribution in [-0.2, 0) is 11.2 Å². The van der Waals surface area contributed by atoms with E-state index in [0.717, 1.165) is 13.0 Å². The predicted molar refractivity (Wildman–Crippen MR) is 73.0 cm³/mol. The number of hydrogen-bond acceptors (Lipinski definition) is 1. The molecule has 0 fully saturated rings. The van der Waals surface area contributed by atoms with Crippen molar-refractivity contribution in [3.63, 3.8) is 0 Å². The van der Waals surface area contributed by atoms with E-state index in [1.54, 1.807) is 0 Å². The monoisotopic (exact) mass is 230 g/mol. The van der Waals surface area contributed by atoms with Crippen molar-refractivity contribution < 1.29 is 4.74 Å². The Bertz CT molecular complexity index is 427. The Hall–Kier alpha value is -1.24. The summed E-state index contributed by atoms with van der Waals surface area (Å²) in [5.74, 6) is 1.07. The summed E-state index contributed by atoms with van der Waals surface area (Å²) in [5, 5.41) is 0. The Morgan fingerprint density at radius 3 is 2.47 bits per heavy atom. The topological polar surface area (TPSA) is 9.23 Å². The molecule has 0 atom stereocenters. The first-order valence-corrected chi connectivity index (χ1v) is 6.55. The van der Waals surface area contributed by atoms with Crippen LogP contribution in [0.15, 0.2) is 24.5 Å². The van der Waals surface area contributed by atoms with Crippen molar-refractivity contribution in [1.82, 2.24) is 0 Å². The summed E-state index contributed by atoms with van der Waals surface area (Å²) in [4.78, 5) is 0. The van der Waals surface area contributed by atoms with Gasteiger partial charge in [0.05, 0.1) is 12.9 Å². The van der Waals surface area contributed by atoms with Crippen molar-refractivity contribution in [2.75, 3.05) is 6.61 Å². The molecule has 0 aromatic heterocycles. The minimum absolute atomic E-state index is 0.506. The van der Waals surface area contributed by atoms with Crippen LogP contribution < -0.4 is 0 Å². The van der Waals surface area contributed by atoms with E-state index in [1.165, 1.54) is 22.3 Å². The fraction of sp³-hybridized carbons (Fsp3) is 0.500. The maximum absolute atomic E-state index is 5.62. The van der Waals surface area contributed by atoms with Crippen molar-refractivity contribution in [1.29, 1.82) is 0 Å². The predicted octanol–water partition coefficient (Wildman–Crippen LogP) is 4.38. The van der Waals surface area contributed by atoms with Gasteiger partial charge in [0.1, 0.15) is 0 Å². The molecule has 1 nitrogen and oxygen atoms in total. The van der Waals surface area contributed by atoms with Gasteiger partial charge in [-0.05, 0) is 34.1 Å². The second-order valence-electron chi connectivity index (χ2n) is 5.38. The number of rotatable bonds is 2. The summed E-state index contributed by atoms with van der Waals surface area (Å²) in [6.07, 6.45) is 2.99. The molecule has 0 spiro atoms. The highest BCUT2D eigenvalue weighted by Crippen LogP contribution is 2.34. The Balaban J connectivity index is 2.61. The van der Waals surface area contributed by atoms with Crippen LogP contribution in [0.5, 0.6) is 0 Å². The highest BCUT2D eigenvalue weighted by molar-refractivity contribution is 5.72. The van der Waals surface area contributed by atoms with Crippen LogP contribution in [-0.4, -0.2) is 6.61 Å². The van der Waals surface area contributed by atoms with Gasteiger partial charge in [-0.1, -0.05) is 45.9 Å². The van der Waals surface area contributed by atoms with Crippen LogP contribution in [0.3, 0.4) is 0 Å². The van der Waals surface area contributed by atoms with E-state index in [4.69, 9.17) is 4.74 Å². The van der Waals surface area contributed by atoms with E-state index in [9.17, 15) is 0 Å². The Kier molecular flexibility index (Phi) is 3.56. The summed E-state index contributed by atoms with van der Waals surface area (Å²) in [6, 6.07) is 6.68. The van der Waals surface area contributed by atoms with Crippen molar-refractivity contribution >= 4 is 5.57 Å². The quantitative estimate of drug-likeness (QED) is 0.732. The lowest BCUT2D eigenvalue weighted by Crippen LogP contribution is -2.04. The van der Waals surface area contributed by atoms with Crippen LogP contribution in [0.4, 0.5) is 0 Å². The Morgan fingerprint density at radius 2 is 1.82 bits per heavy atom. The van der Waals surface area contributed by atoms with Crippen LogP contribution in [0.1, 0.15) is 50.3 Å². The highest BCUT2D eigenvalue weighted by atomic mass is 16.5. The Labute approximate surface area is 104 Å². The fourth-order valence-corrected chi connectivity index (χ4v) is 2.46. The molecule has 1 aromatic carbocycles. The molecule has 1 aromatic rings. The van der Waals surface area contributed by atoms with E-state index in [-0.39, 0.29) is 0 Å². The lowest BCUT2D eigenvalue weighted by Gasteiger charge is -2.19. The normalized spacial score (nSPS) is 15.3. The first-order chi connectivity index (χ1) is 8.11. The molecule has 0 amide bonds. The van der Waals surface area contributed by atoms with Gasteiger partial charge in [0.15, 0.2) is 0 Å². The number of hydrogen-bond donors (Lipinski definition) is 0. The molecule has 0 N–H and O–H groups in total. The second kappa shape index (κ2) is 4.95. The number of fused-ring (bicyclic) bond motifs is 1. The number of ether oxygens (including phenoxy) is 1. The summed E-state index contributed by atoms with van der Waals surface area (Å²) in [6.45, 7) is 9.80. The molecular formula is C16H22O. The third-order valence-corrected chi connectivity index (χ3v) is 3.42. The van der Waals surface area contributed by atoms with Crippen LogP contribution >= 0.6 is 0 Å². The van der Waals surface area contributed by atoms with Crippen LogP contribution in [0.25, 0.3) is 5.57 Å². The van der Waals surface area contributed by atoms with E-state index < -0.39 is 0 Å². The average Bonchev–Trinajstić information content (AvgIpc) is 2.50. The third-order valence-electron chi connectivity index (χ3n) is 3.42. The summed E-state index contributed by atoms with van der Waals surface area (Å²) in [7, 11) is 0. The van der Waals surface area contributed by atoms with Gasteiger partial charge in [-0.25, -0.2) is 0 Å². The minimum Gasteiger partial charge on any atom is -0.501 e. The molecule has 0 saturated heterocycles. The zero-order chi connectivity index (χ0) is 12.4. The minimum atomic E-state index is 0.506. The molecule has 2 rings (SSSR count). The number of allylic oxidation sites excluding steroid dienone is 1. The standard InChI is InChI=1S/C16H22O/c1-11(2)14-7-5-6-13-8-9-17-10-15(12(3)4)16(13)14/h5-7,10-12H,8-9H2,1-4H3. The molecule has 0 unspecified atom stereocenters. The largest absolute Gasteiger partial charge is 0.501 e. The van der Waals surface area contributed by atoms with E-state index >= 15 is 0 Å². The van der Waals surface area contributed by atoms with Gasteiger partial charge in [0.2, 0.25) is 0 Å². The molecule has 0 aliphatic carbocycles. The van der Waals surface area contributed by atoms with E-state index in [0.29, 0.717) is 11.8 Å². The first kappa shape index (κ1) is 12.2. The van der Waals surface area contributed by atoms with Gasteiger partial charge in [-0.2, -0.15) is 0 Å². The maximum Gasteiger partial charge on any atom is 0.0914 e. The number of benzene rings is 1. The molecule has 1 heteroatoms. The molecule has 0 bridgehead atoms. The molecule has 1 heterocycles. The van der Waals surface area contributed by atoms with Crippen molar-refractivity contribution in [2.45, 2.75) is 40.0 Å². The first-order valence-electron chi connectivity index (χ1n) is 6.55. The smallest absolute Gasteiger partial charge is 0.0914 e. The van der Waals surface area contributed by atoms with Crippen LogP contribution in [0, 0.1) is 5.92 Å². The van der Waals surface area contributed by atoms with Crippen molar-refractivity contribution in [3.05, 3.63) is 41.2 Å². The summed E-state index contributed by atoms with van der Waals surface area (Å²) >= 11 is 0. The second-order valence-corrected chi connectivity index (χ2v) is 5.38. The van der Waals surface area contributed by atoms with Crippen molar-refractivity contribution in [3.8, 4) is 0 Å². The van der Waals surface area contributed by atoms with E-state index in [1.807, 2.05) is 6.26 Å². The lowest BCUT2D eigenvalue weighted by molar-refractivity contribution is 0.256. The lowest BCUT2D eigenvalue weighted by atomic mass is 9.84. The maximum atomic E-state index is 5.62. The molecule has 92 valence electrons. The molecule has 1 aliphatic heterocycles. The van der Waals surface area contributed by atoms with Gasteiger partial charge in [0.25, 0.3) is 0 Å². The molecule has 17 heavy (non-hydrogen) atoms. The zero-order valence-electron chi connectivity index (χ0n) is 11.3. The molecule has 0 saturated carbocycles. The SMILES string of the molecule is CC(C)C1=COCCc2cccc(C(C)C)c21. The molecular weight excluding hydrogens is 208 g/mol. The molecule has 1 aliphatic rings. The third kappa shape index (κ3) is 2.38. The summed E-state index contributed by atoms with van der Waals surface area (Å²) < 4.78 is 5.62. The Morgan fingerprint density at radius 1 is 1.06 bits per heavy atom. The van der Waals surface area contributed by atoms with Crippen LogP contribution in [0.2, 0.25) is 0 Å². The van der Waals surface area contributed by atoms with Gasteiger partial charge in [0, 0.05) is 6.42 Å². The van der Waals surface area contributed by atoms with Crippen molar-refractivity contribution in [2.24, 2.45) is 5.92 Å². The van der Waals surface area contributed by atoms with Gasteiger partial charge in [-0.3, -0.25) is 0 Å². The van der Waals surface area contributed by atoms with Gasteiger partial charge >= 0.3 is 0 Å². The van der Waals surface area contributed by atoms with Gasteiger partial charge < -0.3 is 4.74 Å². The average molecular weight is 230 g/mol. The summed E-state index contributed by atoms with van der Waals surface area (Å²) in [5.41, 5.74) is 5.68. The fourth-order valence-electron chi connectivity index (χ4n) is 2.46. The van der Waals surface area contributed by atoms with E-state index in [2.05, 4.69) is 45.9 Å². The van der Waals surface area contributed by atoms with Gasteiger partial charge in [-0.15, -0.1) is 0 Å². The highest BCUT2D eigenvalue weighted by Gasteiger charge is 2.19.